The second-order valence-electron chi connectivity index (χ2n) is 7.74. The molecule has 0 saturated heterocycles. The van der Waals surface area contributed by atoms with Crippen LogP contribution >= 0.6 is 0 Å². The fourth-order valence-corrected chi connectivity index (χ4v) is 3.41. The second-order valence-corrected chi connectivity index (χ2v) is 7.74. The highest BCUT2D eigenvalue weighted by atomic mass is 16.3. The molecule has 0 radical (unpaired) electrons. The van der Waals surface area contributed by atoms with Gasteiger partial charge in [-0.2, -0.15) is 5.10 Å². The molecule has 0 fully saturated rings. The number of amides is 2. The summed E-state index contributed by atoms with van der Waals surface area (Å²) in [5.41, 5.74) is 2.59. The zero-order valence-corrected chi connectivity index (χ0v) is 18.3. The molecule has 0 aliphatic rings. The number of hydrogen-bond donors (Lipinski definition) is 2. The number of carbonyl (C=O) groups excluding carboxylic acids is 2. The zero-order chi connectivity index (χ0) is 22.7. The molecule has 1 aromatic carbocycles. The maximum Gasteiger partial charge on any atom is 0.256 e. The quantitative estimate of drug-likeness (QED) is 0.443. The predicted octanol–water partition coefficient (Wildman–Crippen LogP) is 4.66. The summed E-state index contributed by atoms with van der Waals surface area (Å²) in [7, 11) is 0. The van der Waals surface area contributed by atoms with Crippen LogP contribution in [0.15, 0.2) is 59.3 Å². The molecule has 3 heterocycles. The van der Waals surface area contributed by atoms with Crippen molar-refractivity contribution in [3.05, 3.63) is 66.1 Å². The Labute approximate surface area is 185 Å². The van der Waals surface area contributed by atoms with E-state index in [-0.39, 0.29) is 17.9 Å². The van der Waals surface area contributed by atoms with Gasteiger partial charge < -0.3 is 15.1 Å². The van der Waals surface area contributed by atoms with Gasteiger partial charge in [0.25, 0.3) is 11.8 Å². The van der Waals surface area contributed by atoms with Crippen LogP contribution in [0.4, 0.5) is 5.69 Å². The highest BCUT2D eigenvalue weighted by Gasteiger charge is 2.20. The van der Waals surface area contributed by atoms with Crippen LogP contribution in [0.3, 0.4) is 0 Å². The van der Waals surface area contributed by atoms with Crippen molar-refractivity contribution in [2.45, 2.75) is 33.2 Å². The number of fused-ring (bicyclic) bond motifs is 1. The van der Waals surface area contributed by atoms with Crippen LogP contribution in [-0.4, -0.2) is 33.1 Å². The SMILES string of the molecule is CCCNC(=O)c1cccc(NC(=O)c2cc(-c3ccco3)nc3c2cnn3C(C)C)c1. The van der Waals surface area contributed by atoms with Crippen molar-refractivity contribution in [3.63, 3.8) is 0 Å². The third-order valence-electron chi connectivity index (χ3n) is 4.99. The van der Waals surface area contributed by atoms with Crippen LogP contribution in [0.5, 0.6) is 0 Å². The topological polar surface area (TPSA) is 102 Å². The third kappa shape index (κ3) is 4.25. The normalized spacial score (nSPS) is 11.1. The summed E-state index contributed by atoms with van der Waals surface area (Å²) >= 11 is 0. The molecule has 0 aliphatic heterocycles. The lowest BCUT2D eigenvalue weighted by Crippen LogP contribution is -2.24. The van der Waals surface area contributed by atoms with Gasteiger partial charge in [-0.25, -0.2) is 9.67 Å². The van der Waals surface area contributed by atoms with Crippen molar-refractivity contribution >= 4 is 28.5 Å². The van der Waals surface area contributed by atoms with Crippen LogP contribution in [0.25, 0.3) is 22.5 Å². The molecule has 3 aromatic heterocycles. The van der Waals surface area contributed by atoms with Crippen LogP contribution in [0.1, 0.15) is 53.9 Å². The van der Waals surface area contributed by atoms with E-state index in [1.54, 1.807) is 59.6 Å². The Morgan fingerprint density at radius 1 is 1.12 bits per heavy atom. The molecule has 0 unspecified atom stereocenters. The lowest BCUT2D eigenvalue weighted by Gasteiger charge is -2.11. The van der Waals surface area contributed by atoms with Gasteiger partial charge in [-0.1, -0.05) is 13.0 Å². The Morgan fingerprint density at radius 3 is 2.69 bits per heavy atom. The van der Waals surface area contributed by atoms with E-state index in [9.17, 15) is 9.59 Å². The van der Waals surface area contributed by atoms with Crippen molar-refractivity contribution in [2.24, 2.45) is 0 Å². The van der Waals surface area contributed by atoms with Crippen molar-refractivity contribution in [1.29, 1.82) is 0 Å². The summed E-state index contributed by atoms with van der Waals surface area (Å²) in [5.74, 6) is 0.0687. The average Bonchev–Trinajstić information content (AvgIpc) is 3.47. The highest BCUT2D eigenvalue weighted by molar-refractivity contribution is 6.12. The first-order chi connectivity index (χ1) is 15.5. The monoisotopic (exact) mass is 431 g/mol. The number of anilines is 1. The number of rotatable bonds is 7. The molecule has 32 heavy (non-hydrogen) atoms. The standard InChI is InChI=1S/C24H25N5O3/c1-4-10-25-23(30)16-7-5-8-17(12-16)27-24(31)18-13-20(21-9-6-11-32-21)28-22-19(18)14-26-29(22)15(2)3/h5-9,11-15H,4,10H2,1-3H3,(H,25,30)(H,27,31). The third-order valence-corrected chi connectivity index (χ3v) is 4.99. The Kier molecular flexibility index (Phi) is 6.02. The first kappa shape index (κ1) is 21.3. The fraction of sp³-hybridized carbons (Fsp3) is 0.250. The molecule has 4 aromatic rings. The van der Waals surface area contributed by atoms with Gasteiger partial charge in [0.2, 0.25) is 0 Å². The number of aromatic nitrogens is 3. The number of carbonyl (C=O) groups is 2. The maximum atomic E-state index is 13.3. The average molecular weight is 431 g/mol. The molecule has 8 nitrogen and oxygen atoms in total. The number of pyridine rings is 1. The Balaban J connectivity index is 1.70. The van der Waals surface area contributed by atoms with E-state index >= 15 is 0 Å². The minimum Gasteiger partial charge on any atom is -0.463 e. The van der Waals surface area contributed by atoms with E-state index in [1.165, 1.54) is 0 Å². The van der Waals surface area contributed by atoms with Crippen LogP contribution in [-0.2, 0) is 0 Å². The van der Waals surface area contributed by atoms with Gasteiger partial charge >= 0.3 is 0 Å². The van der Waals surface area contributed by atoms with E-state index in [1.807, 2.05) is 20.8 Å². The van der Waals surface area contributed by atoms with Gasteiger partial charge in [0.05, 0.1) is 23.4 Å². The molecular weight excluding hydrogens is 406 g/mol. The number of benzene rings is 1. The molecule has 0 bridgehead atoms. The van der Waals surface area contributed by atoms with E-state index in [2.05, 4.69) is 20.7 Å². The maximum absolute atomic E-state index is 13.3. The van der Waals surface area contributed by atoms with Gasteiger partial charge in [-0.15, -0.1) is 0 Å². The van der Waals surface area contributed by atoms with Crippen LogP contribution < -0.4 is 10.6 Å². The number of furan rings is 1. The predicted molar refractivity (Wildman–Crippen MR) is 123 cm³/mol. The summed E-state index contributed by atoms with van der Waals surface area (Å²) in [6.07, 6.45) is 4.07. The molecule has 8 heteroatoms. The minimum absolute atomic E-state index is 0.0704. The van der Waals surface area contributed by atoms with Crippen molar-refractivity contribution in [3.8, 4) is 11.5 Å². The lowest BCUT2D eigenvalue weighted by atomic mass is 10.1. The van der Waals surface area contributed by atoms with Crippen molar-refractivity contribution < 1.29 is 14.0 Å². The summed E-state index contributed by atoms with van der Waals surface area (Å²) in [6.45, 7) is 6.59. The first-order valence-electron chi connectivity index (χ1n) is 10.6. The summed E-state index contributed by atoms with van der Waals surface area (Å²) in [5, 5.41) is 10.8. The van der Waals surface area contributed by atoms with E-state index in [0.717, 1.165) is 6.42 Å². The Morgan fingerprint density at radius 2 is 1.97 bits per heavy atom. The molecule has 164 valence electrons. The summed E-state index contributed by atoms with van der Waals surface area (Å²) < 4.78 is 7.28. The number of hydrogen-bond acceptors (Lipinski definition) is 5. The number of nitrogens with zero attached hydrogens (tertiary/aromatic N) is 3. The Bertz CT molecular complexity index is 1260. The largest absolute Gasteiger partial charge is 0.463 e. The van der Waals surface area contributed by atoms with Crippen molar-refractivity contribution in [2.75, 3.05) is 11.9 Å². The number of nitrogens with one attached hydrogen (secondary N) is 2. The van der Waals surface area contributed by atoms with Gasteiger partial charge in [-0.05, 0) is 56.7 Å². The molecule has 2 N–H and O–H groups in total. The smallest absolute Gasteiger partial charge is 0.256 e. The van der Waals surface area contributed by atoms with Gasteiger partial charge in [0.15, 0.2) is 11.4 Å². The summed E-state index contributed by atoms with van der Waals surface area (Å²) in [4.78, 5) is 30.2. The van der Waals surface area contributed by atoms with Crippen LogP contribution in [0, 0.1) is 0 Å². The first-order valence-corrected chi connectivity index (χ1v) is 10.6. The molecule has 0 spiro atoms. The molecule has 2 amide bonds. The molecule has 0 saturated carbocycles. The lowest BCUT2D eigenvalue weighted by molar-refractivity contribution is 0.0952. The van der Waals surface area contributed by atoms with E-state index < -0.39 is 0 Å². The van der Waals surface area contributed by atoms with Gasteiger partial charge in [0, 0.05) is 23.8 Å². The van der Waals surface area contributed by atoms with Crippen LogP contribution in [0.2, 0.25) is 0 Å². The summed E-state index contributed by atoms with van der Waals surface area (Å²) in [6, 6.07) is 12.2. The van der Waals surface area contributed by atoms with E-state index in [4.69, 9.17) is 4.42 Å². The van der Waals surface area contributed by atoms with Gasteiger partial charge in [-0.3, -0.25) is 9.59 Å². The zero-order valence-electron chi connectivity index (χ0n) is 18.3. The molecule has 4 rings (SSSR count). The highest BCUT2D eigenvalue weighted by Crippen LogP contribution is 2.27. The van der Waals surface area contributed by atoms with Gasteiger partial charge in [0.1, 0.15) is 5.69 Å². The second kappa shape index (κ2) is 9.05. The molecule has 0 atom stereocenters. The minimum atomic E-state index is -0.320. The van der Waals surface area contributed by atoms with E-state index in [0.29, 0.717) is 45.8 Å². The van der Waals surface area contributed by atoms with Crippen molar-refractivity contribution in [1.82, 2.24) is 20.1 Å². The molecule has 0 aliphatic carbocycles. The molecular formula is C24H25N5O3. The fourth-order valence-electron chi connectivity index (χ4n) is 3.41. The Hall–Kier alpha value is -3.94.